The van der Waals surface area contributed by atoms with Crippen molar-refractivity contribution in [3.05, 3.63) is 126 Å². The van der Waals surface area contributed by atoms with Gasteiger partial charge in [0.1, 0.15) is 0 Å². The molecular weight excluding hydrogens is 398 g/mol. The summed E-state index contributed by atoms with van der Waals surface area (Å²) in [7, 11) is 0. The van der Waals surface area contributed by atoms with Gasteiger partial charge in [0, 0.05) is 16.1 Å². The van der Waals surface area contributed by atoms with Crippen LogP contribution in [0.3, 0.4) is 0 Å². The Balaban J connectivity index is 1.66. The molecule has 0 aliphatic rings. The van der Waals surface area contributed by atoms with Crippen molar-refractivity contribution in [2.75, 3.05) is 0 Å². The Bertz CT molecular complexity index is 1270. The molecule has 0 amide bonds. The summed E-state index contributed by atoms with van der Waals surface area (Å²) in [5.41, 5.74) is 8.66. The maximum Gasteiger partial charge on any atom is 0.0715 e. The molecule has 2 heteroatoms. The van der Waals surface area contributed by atoms with E-state index in [4.69, 9.17) is 16.6 Å². The second-order valence-electron chi connectivity index (χ2n) is 7.45. The maximum absolute atomic E-state index is 6.22. The Hall–Kier alpha value is -3.68. The lowest BCUT2D eigenvalue weighted by molar-refractivity contribution is 1.32. The number of benzene rings is 4. The first-order chi connectivity index (χ1) is 15.3. The lowest BCUT2D eigenvalue weighted by atomic mass is 9.97. The predicted octanol–water partition coefficient (Wildman–Crippen LogP) is 8.40. The summed E-state index contributed by atoms with van der Waals surface area (Å²) in [6.07, 6.45) is 0. The lowest BCUT2D eigenvalue weighted by Crippen LogP contribution is -1.91. The number of aromatic nitrogens is 1. The molecule has 0 spiro atoms. The predicted molar refractivity (Wildman–Crippen MR) is 131 cm³/mol. The molecule has 1 aromatic heterocycles. The SMILES string of the molecule is Clc1cccc(-c2cccc(-c3cc(-c4ccccc4)nc(-c4ccccc4)c3)c2)c1. The van der Waals surface area contributed by atoms with Crippen molar-refractivity contribution in [3.63, 3.8) is 0 Å². The van der Waals surface area contributed by atoms with Crippen LogP contribution in [0, 0.1) is 0 Å². The highest BCUT2D eigenvalue weighted by Gasteiger charge is 2.10. The normalized spacial score (nSPS) is 10.7. The van der Waals surface area contributed by atoms with Gasteiger partial charge >= 0.3 is 0 Å². The van der Waals surface area contributed by atoms with Crippen LogP contribution in [0.1, 0.15) is 0 Å². The van der Waals surface area contributed by atoms with Crippen LogP contribution < -0.4 is 0 Å². The Morgan fingerprint density at radius 2 is 0.839 bits per heavy atom. The van der Waals surface area contributed by atoms with Gasteiger partial charge in [-0.15, -0.1) is 0 Å². The average molecular weight is 418 g/mol. The molecule has 148 valence electrons. The van der Waals surface area contributed by atoms with Crippen LogP contribution >= 0.6 is 11.6 Å². The Morgan fingerprint density at radius 1 is 0.387 bits per heavy atom. The molecule has 0 fully saturated rings. The van der Waals surface area contributed by atoms with E-state index in [0.29, 0.717) is 0 Å². The molecule has 1 nitrogen and oxygen atoms in total. The van der Waals surface area contributed by atoms with E-state index in [1.165, 1.54) is 0 Å². The fourth-order valence-electron chi connectivity index (χ4n) is 3.76. The number of pyridine rings is 1. The van der Waals surface area contributed by atoms with E-state index in [1.54, 1.807) is 0 Å². The minimum absolute atomic E-state index is 0.740. The van der Waals surface area contributed by atoms with Crippen molar-refractivity contribution < 1.29 is 0 Å². The highest BCUT2D eigenvalue weighted by molar-refractivity contribution is 6.30. The molecule has 5 rings (SSSR count). The second-order valence-corrected chi connectivity index (χ2v) is 7.89. The fraction of sp³-hybridized carbons (Fsp3) is 0. The molecule has 0 aliphatic carbocycles. The summed E-state index contributed by atoms with van der Waals surface area (Å²) < 4.78 is 0. The van der Waals surface area contributed by atoms with E-state index in [1.807, 2.05) is 54.6 Å². The van der Waals surface area contributed by atoms with Crippen LogP contribution in [0.25, 0.3) is 44.8 Å². The molecule has 0 saturated carbocycles. The largest absolute Gasteiger partial charge is 0.248 e. The number of nitrogens with zero attached hydrogens (tertiary/aromatic N) is 1. The van der Waals surface area contributed by atoms with Gasteiger partial charge in [-0.2, -0.15) is 0 Å². The first-order valence-electron chi connectivity index (χ1n) is 10.3. The molecule has 0 N–H and O–H groups in total. The van der Waals surface area contributed by atoms with E-state index in [-0.39, 0.29) is 0 Å². The summed E-state index contributed by atoms with van der Waals surface area (Å²) >= 11 is 6.22. The van der Waals surface area contributed by atoms with Crippen molar-refractivity contribution in [1.82, 2.24) is 4.98 Å². The molecule has 0 aliphatic heterocycles. The molecule has 0 saturated heterocycles. The number of hydrogen-bond donors (Lipinski definition) is 0. The van der Waals surface area contributed by atoms with Crippen LogP contribution in [0.15, 0.2) is 121 Å². The average Bonchev–Trinajstić information content (AvgIpc) is 2.85. The van der Waals surface area contributed by atoms with Crippen LogP contribution in [0.2, 0.25) is 5.02 Å². The van der Waals surface area contributed by atoms with Gasteiger partial charge in [-0.3, -0.25) is 0 Å². The Labute approximate surface area is 187 Å². The van der Waals surface area contributed by atoms with Gasteiger partial charge in [0.05, 0.1) is 11.4 Å². The summed E-state index contributed by atoms with van der Waals surface area (Å²) in [5.74, 6) is 0. The third-order valence-corrected chi connectivity index (χ3v) is 5.55. The summed E-state index contributed by atoms with van der Waals surface area (Å²) in [5, 5.41) is 0.740. The second kappa shape index (κ2) is 8.59. The number of rotatable bonds is 4. The zero-order chi connectivity index (χ0) is 21.0. The number of halogens is 1. The minimum atomic E-state index is 0.740. The van der Waals surface area contributed by atoms with Crippen molar-refractivity contribution in [1.29, 1.82) is 0 Å². The lowest BCUT2D eigenvalue weighted by Gasteiger charge is -2.11. The quantitative estimate of drug-likeness (QED) is 0.286. The molecule has 0 radical (unpaired) electrons. The zero-order valence-corrected chi connectivity index (χ0v) is 17.6. The van der Waals surface area contributed by atoms with Gasteiger partial charge in [0.15, 0.2) is 0 Å². The molecule has 0 bridgehead atoms. The number of hydrogen-bond acceptors (Lipinski definition) is 1. The Kier molecular flexibility index (Phi) is 5.35. The van der Waals surface area contributed by atoms with E-state index in [0.717, 1.165) is 49.8 Å². The van der Waals surface area contributed by atoms with E-state index in [2.05, 4.69) is 66.7 Å². The molecule has 0 unspecified atom stereocenters. The summed E-state index contributed by atoms with van der Waals surface area (Å²) in [6.45, 7) is 0. The third-order valence-electron chi connectivity index (χ3n) is 5.32. The van der Waals surface area contributed by atoms with Crippen molar-refractivity contribution in [2.45, 2.75) is 0 Å². The summed E-state index contributed by atoms with van der Waals surface area (Å²) in [6, 6.07) is 41.5. The maximum atomic E-state index is 6.22. The van der Waals surface area contributed by atoms with Gasteiger partial charge in [-0.1, -0.05) is 103 Å². The highest BCUT2D eigenvalue weighted by Crippen LogP contribution is 2.32. The van der Waals surface area contributed by atoms with Crippen LogP contribution in [0.5, 0.6) is 0 Å². The smallest absolute Gasteiger partial charge is 0.0715 e. The molecule has 5 aromatic rings. The van der Waals surface area contributed by atoms with E-state index >= 15 is 0 Å². The van der Waals surface area contributed by atoms with Gasteiger partial charge in [-0.25, -0.2) is 4.98 Å². The van der Waals surface area contributed by atoms with Gasteiger partial charge in [0.25, 0.3) is 0 Å². The van der Waals surface area contributed by atoms with E-state index < -0.39 is 0 Å². The van der Waals surface area contributed by atoms with Crippen molar-refractivity contribution in [3.8, 4) is 44.8 Å². The molecule has 4 aromatic carbocycles. The monoisotopic (exact) mass is 417 g/mol. The Morgan fingerprint density at radius 3 is 1.39 bits per heavy atom. The molecule has 1 heterocycles. The topological polar surface area (TPSA) is 12.9 Å². The van der Waals surface area contributed by atoms with Gasteiger partial charge in [0.2, 0.25) is 0 Å². The minimum Gasteiger partial charge on any atom is -0.248 e. The first kappa shape index (κ1) is 19.3. The highest BCUT2D eigenvalue weighted by atomic mass is 35.5. The molecular formula is C29H20ClN. The molecule has 0 atom stereocenters. The van der Waals surface area contributed by atoms with Crippen LogP contribution in [0.4, 0.5) is 0 Å². The van der Waals surface area contributed by atoms with Crippen molar-refractivity contribution >= 4 is 11.6 Å². The van der Waals surface area contributed by atoms with Gasteiger partial charge < -0.3 is 0 Å². The summed E-state index contributed by atoms with van der Waals surface area (Å²) in [4.78, 5) is 4.97. The standard InChI is InChI=1S/C29H20ClN/c30-27-16-8-15-25(18-27)23-13-7-14-24(17-23)26-19-28(21-9-3-1-4-10-21)31-29(20-26)22-11-5-2-6-12-22/h1-20H. The van der Waals surface area contributed by atoms with Crippen LogP contribution in [-0.4, -0.2) is 4.98 Å². The van der Waals surface area contributed by atoms with E-state index in [9.17, 15) is 0 Å². The zero-order valence-electron chi connectivity index (χ0n) is 16.9. The van der Waals surface area contributed by atoms with Crippen LogP contribution in [-0.2, 0) is 0 Å². The first-order valence-corrected chi connectivity index (χ1v) is 10.6. The third kappa shape index (κ3) is 4.28. The van der Waals surface area contributed by atoms with Crippen molar-refractivity contribution in [2.24, 2.45) is 0 Å². The molecule has 31 heavy (non-hydrogen) atoms. The fourth-order valence-corrected chi connectivity index (χ4v) is 3.95. The van der Waals surface area contributed by atoms with Gasteiger partial charge in [-0.05, 0) is 52.6 Å².